The van der Waals surface area contributed by atoms with Crippen LogP contribution in [-0.2, 0) is 11.2 Å². The van der Waals surface area contributed by atoms with Crippen LogP contribution >= 0.6 is 0 Å². The number of nitrogens with zero attached hydrogens (tertiary/aromatic N) is 5. The van der Waals surface area contributed by atoms with Crippen LogP contribution in [0.15, 0.2) is 54.9 Å². The molecule has 3 N–H and O–H groups in total. The Kier molecular flexibility index (Phi) is 7.08. The van der Waals surface area contributed by atoms with Crippen LogP contribution < -0.4 is 15.4 Å². The van der Waals surface area contributed by atoms with Crippen molar-refractivity contribution in [2.75, 3.05) is 43.9 Å². The lowest BCUT2D eigenvalue weighted by molar-refractivity contribution is -0.115. The van der Waals surface area contributed by atoms with E-state index in [-0.39, 0.29) is 12.3 Å². The summed E-state index contributed by atoms with van der Waals surface area (Å²) in [6.07, 6.45) is 3.84. The van der Waals surface area contributed by atoms with E-state index in [4.69, 9.17) is 4.74 Å². The number of benzene rings is 2. The van der Waals surface area contributed by atoms with E-state index in [1.807, 2.05) is 18.2 Å². The molecule has 4 heterocycles. The summed E-state index contributed by atoms with van der Waals surface area (Å²) in [5.74, 6) is 1.21. The third-order valence-electron chi connectivity index (χ3n) is 7.43. The zero-order chi connectivity index (χ0) is 26.8. The average molecular weight is 531 g/mol. The zero-order valence-electron chi connectivity index (χ0n) is 21.7. The first-order chi connectivity index (χ1) is 19.0. The molecular weight excluding hydrogens is 499 g/mol. The fraction of sp³-hybridized carbons (Fsp3) is 0.357. The second kappa shape index (κ2) is 11.0. The van der Waals surface area contributed by atoms with Crippen LogP contribution in [-0.4, -0.2) is 81.2 Å². The number of carbonyl (C=O) groups excluding carboxylic acids is 1. The SMILES string of the molecule is CN1CC2CC1CN2CCCOc1ccc2c(Nc3cc(CC(=O)Nc4cccc(F)c4)[nH]n3)ncnc2c1. The number of amides is 1. The van der Waals surface area contributed by atoms with Gasteiger partial charge in [0.15, 0.2) is 5.82 Å². The van der Waals surface area contributed by atoms with Crippen LogP contribution in [0.4, 0.5) is 21.7 Å². The first kappa shape index (κ1) is 25.2. The van der Waals surface area contributed by atoms with Crippen molar-refractivity contribution in [3.8, 4) is 5.75 Å². The number of piperazine rings is 1. The van der Waals surface area contributed by atoms with E-state index in [1.165, 1.54) is 38.0 Å². The summed E-state index contributed by atoms with van der Waals surface area (Å²) in [5.41, 5.74) is 1.77. The lowest BCUT2D eigenvalue weighted by Gasteiger charge is -2.31. The van der Waals surface area contributed by atoms with Gasteiger partial charge in [0.2, 0.25) is 5.91 Å². The van der Waals surface area contributed by atoms with Crippen molar-refractivity contribution in [2.45, 2.75) is 31.3 Å². The largest absolute Gasteiger partial charge is 0.493 e. The molecule has 2 aliphatic heterocycles. The normalized spacial score (nSPS) is 19.0. The predicted molar refractivity (Wildman–Crippen MR) is 147 cm³/mol. The molecule has 0 saturated carbocycles. The first-order valence-corrected chi connectivity index (χ1v) is 13.2. The number of rotatable bonds is 10. The molecule has 2 aromatic carbocycles. The first-order valence-electron chi connectivity index (χ1n) is 13.2. The van der Waals surface area contributed by atoms with E-state index in [2.05, 4.69) is 47.6 Å². The standard InChI is InChI=1S/C28H31FN8O2/c1-36-15-22-13-21(36)16-37(22)8-3-9-39-23-6-7-24-25(14-23)30-17-31-28(24)33-26-11-20(34-35-26)12-27(38)32-19-5-2-4-18(29)10-19/h2,4-7,10-11,14,17,21-22H,3,8-9,12-13,15-16H2,1H3,(H,32,38)(H2,30,31,33,34,35). The van der Waals surface area contributed by atoms with Crippen LogP contribution in [0.2, 0.25) is 0 Å². The van der Waals surface area contributed by atoms with Crippen LogP contribution in [0.1, 0.15) is 18.5 Å². The second-order valence-electron chi connectivity index (χ2n) is 10.2. The van der Waals surface area contributed by atoms with Crippen LogP contribution in [0.25, 0.3) is 10.9 Å². The van der Waals surface area contributed by atoms with E-state index in [0.717, 1.165) is 35.7 Å². The zero-order valence-corrected chi connectivity index (χ0v) is 21.7. The average Bonchev–Trinajstić information content (AvgIpc) is 3.62. The molecule has 0 spiro atoms. The Morgan fingerprint density at radius 3 is 2.90 bits per heavy atom. The van der Waals surface area contributed by atoms with Crippen molar-refractivity contribution in [2.24, 2.45) is 0 Å². The third-order valence-corrected chi connectivity index (χ3v) is 7.43. The second-order valence-corrected chi connectivity index (χ2v) is 10.2. The van der Waals surface area contributed by atoms with Gasteiger partial charge in [0.25, 0.3) is 0 Å². The van der Waals surface area contributed by atoms with Crippen molar-refractivity contribution in [3.63, 3.8) is 0 Å². The molecular formula is C28H31FN8O2. The molecule has 4 aromatic rings. The number of carbonyl (C=O) groups is 1. The number of halogens is 1. The molecule has 2 bridgehead atoms. The summed E-state index contributed by atoms with van der Waals surface area (Å²) in [6.45, 7) is 4.08. The number of likely N-dealkylation sites (tertiary alicyclic amines) is 2. The summed E-state index contributed by atoms with van der Waals surface area (Å²) < 4.78 is 19.4. The van der Waals surface area contributed by atoms with Gasteiger partial charge >= 0.3 is 0 Å². The van der Waals surface area contributed by atoms with E-state index < -0.39 is 5.82 Å². The fourth-order valence-electron chi connectivity index (χ4n) is 5.49. The van der Waals surface area contributed by atoms with Crippen molar-refractivity contribution in [1.29, 1.82) is 0 Å². The molecule has 2 atom stereocenters. The Bertz CT molecular complexity index is 1470. The molecule has 202 valence electrons. The third kappa shape index (κ3) is 5.84. The van der Waals surface area contributed by atoms with Gasteiger partial charge in [-0.2, -0.15) is 5.10 Å². The molecule has 0 radical (unpaired) electrons. The van der Waals surface area contributed by atoms with Gasteiger partial charge in [-0.05, 0) is 50.2 Å². The highest BCUT2D eigenvalue weighted by atomic mass is 19.1. The number of H-pyrrole nitrogens is 1. The number of aromatic amines is 1. The Labute approximate surface area is 225 Å². The molecule has 2 fully saturated rings. The number of aromatic nitrogens is 4. The molecule has 2 aliphatic rings. The van der Waals surface area contributed by atoms with Crippen molar-refractivity contribution in [3.05, 3.63) is 66.4 Å². The monoisotopic (exact) mass is 530 g/mol. The Morgan fingerprint density at radius 2 is 2.08 bits per heavy atom. The summed E-state index contributed by atoms with van der Waals surface area (Å²) in [6, 6.07) is 14.7. The van der Waals surface area contributed by atoms with Gasteiger partial charge in [-0.1, -0.05) is 6.07 Å². The number of hydrogen-bond donors (Lipinski definition) is 3. The highest BCUT2D eigenvalue weighted by Gasteiger charge is 2.40. The van der Waals surface area contributed by atoms with E-state index >= 15 is 0 Å². The number of ether oxygens (including phenoxy) is 1. The van der Waals surface area contributed by atoms with E-state index in [1.54, 1.807) is 18.2 Å². The van der Waals surface area contributed by atoms with Gasteiger partial charge in [0, 0.05) is 60.6 Å². The van der Waals surface area contributed by atoms with Crippen LogP contribution in [0.5, 0.6) is 5.75 Å². The van der Waals surface area contributed by atoms with Gasteiger partial charge in [0.05, 0.1) is 18.5 Å². The minimum atomic E-state index is -0.408. The van der Waals surface area contributed by atoms with Gasteiger partial charge in [-0.3, -0.25) is 14.8 Å². The molecule has 2 aromatic heterocycles. The lowest BCUT2D eigenvalue weighted by Crippen LogP contribution is -2.44. The maximum Gasteiger partial charge on any atom is 0.230 e. The summed E-state index contributed by atoms with van der Waals surface area (Å²) in [4.78, 5) is 26.2. The van der Waals surface area contributed by atoms with E-state index in [0.29, 0.717) is 35.7 Å². The summed E-state index contributed by atoms with van der Waals surface area (Å²) >= 11 is 0. The Morgan fingerprint density at radius 1 is 1.15 bits per heavy atom. The van der Waals surface area contributed by atoms with Crippen molar-refractivity contribution in [1.82, 2.24) is 30.0 Å². The Balaban J connectivity index is 1.02. The van der Waals surface area contributed by atoms with Crippen LogP contribution in [0, 0.1) is 5.82 Å². The summed E-state index contributed by atoms with van der Waals surface area (Å²) in [5, 5.41) is 13.8. The number of likely N-dealkylation sites (N-methyl/N-ethyl adjacent to an activating group) is 1. The fourth-order valence-corrected chi connectivity index (χ4v) is 5.49. The van der Waals surface area contributed by atoms with Gasteiger partial charge in [-0.15, -0.1) is 0 Å². The highest BCUT2D eigenvalue weighted by molar-refractivity contribution is 5.93. The quantitative estimate of drug-likeness (QED) is 0.267. The molecule has 6 rings (SSSR count). The molecule has 11 heteroatoms. The van der Waals surface area contributed by atoms with Gasteiger partial charge < -0.3 is 20.3 Å². The molecule has 2 unspecified atom stereocenters. The molecule has 2 saturated heterocycles. The van der Waals surface area contributed by atoms with Crippen LogP contribution in [0.3, 0.4) is 0 Å². The molecule has 0 aliphatic carbocycles. The molecule has 1 amide bonds. The molecule has 10 nitrogen and oxygen atoms in total. The number of fused-ring (bicyclic) bond motifs is 3. The molecule has 39 heavy (non-hydrogen) atoms. The van der Waals surface area contributed by atoms with E-state index in [9.17, 15) is 9.18 Å². The number of hydrogen-bond acceptors (Lipinski definition) is 8. The topological polar surface area (TPSA) is 111 Å². The maximum absolute atomic E-state index is 13.3. The highest BCUT2D eigenvalue weighted by Crippen LogP contribution is 2.29. The number of nitrogens with one attached hydrogen (secondary N) is 3. The Hall–Kier alpha value is -4.09. The predicted octanol–water partition coefficient (Wildman–Crippen LogP) is 3.57. The summed E-state index contributed by atoms with van der Waals surface area (Å²) in [7, 11) is 2.22. The number of anilines is 3. The van der Waals surface area contributed by atoms with Crippen molar-refractivity contribution >= 4 is 34.1 Å². The smallest absolute Gasteiger partial charge is 0.230 e. The maximum atomic E-state index is 13.3. The minimum absolute atomic E-state index is 0.0620. The lowest BCUT2D eigenvalue weighted by atomic mass is 10.2. The van der Waals surface area contributed by atoms with Gasteiger partial charge in [0.1, 0.15) is 23.7 Å². The van der Waals surface area contributed by atoms with Gasteiger partial charge in [-0.25, -0.2) is 14.4 Å². The minimum Gasteiger partial charge on any atom is -0.493 e. The van der Waals surface area contributed by atoms with Crippen molar-refractivity contribution < 1.29 is 13.9 Å².